The van der Waals surface area contributed by atoms with E-state index in [-0.39, 0.29) is 0 Å². The molecule has 66 valence electrons. The van der Waals surface area contributed by atoms with Gasteiger partial charge >= 0.3 is 0 Å². The minimum Gasteiger partial charge on any atom is -0.380 e. The Hall–Kier alpha value is -0.280. The molecule has 0 aromatic carbocycles. The zero-order chi connectivity index (χ0) is 8.55. The third kappa shape index (κ3) is 1.43. The lowest BCUT2D eigenvalue weighted by Gasteiger charge is -2.05. The summed E-state index contributed by atoms with van der Waals surface area (Å²) in [5, 5.41) is 0. The monoisotopic (exact) mass is 229 g/mol. The summed E-state index contributed by atoms with van der Waals surface area (Å²) in [5.41, 5.74) is 2.73. The largest absolute Gasteiger partial charge is 0.380 e. The highest BCUT2D eigenvalue weighted by Gasteiger charge is 2.16. The van der Waals surface area contributed by atoms with Gasteiger partial charge in [0.05, 0.1) is 17.8 Å². The molecule has 2 heterocycles. The SMILES string of the molecule is CC1COCCc2[nH]c(Br)cc21. The summed E-state index contributed by atoms with van der Waals surface area (Å²) in [6, 6.07) is 2.16. The van der Waals surface area contributed by atoms with Crippen molar-refractivity contribution in [2.75, 3.05) is 13.2 Å². The van der Waals surface area contributed by atoms with Crippen LogP contribution in [0.5, 0.6) is 0 Å². The number of rotatable bonds is 0. The molecule has 1 aliphatic rings. The minimum atomic E-state index is 0.519. The van der Waals surface area contributed by atoms with Gasteiger partial charge in [0.2, 0.25) is 0 Å². The summed E-state index contributed by atoms with van der Waals surface area (Å²) in [5.74, 6) is 0.519. The van der Waals surface area contributed by atoms with E-state index in [1.165, 1.54) is 11.3 Å². The molecular formula is C9H12BrNO. The highest BCUT2D eigenvalue weighted by atomic mass is 79.9. The molecule has 1 atom stereocenters. The molecule has 0 fully saturated rings. The van der Waals surface area contributed by atoms with Gasteiger partial charge in [0.25, 0.3) is 0 Å². The number of H-pyrrole nitrogens is 1. The molecule has 12 heavy (non-hydrogen) atoms. The van der Waals surface area contributed by atoms with Gasteiger partial charge in [-0.1, -0.05) is 6.92 Å². The molecule has 2 rings (SSSR count). The quantitative estimate of drug-likeness (QED) is 0.727. The lowest BCUT2D eigenvalue weighted by molar-refractivity contribution is 0.133. The smallest absolute Gasteiger partial charge is 0.0825 e. The Labute approximate surface area is 80.4 Å². The molecule has 0 spiro atoms. The molecule has 3 heteroatoms. The van der Waals surface area contributed by atoms with Crippen molar-refractivity contribution in [3.8, 4) is 0 Å². The molecule has 1 unspecified atom stereocenters. The van der Waals surface area contributed by atoms with Crippen LogP contribution < -0.4 is 0 Å². The normalized spacial score (nSPS) is 23.3. The van der Waals surface area contributed by atoms with Gasteiger partial charge in [-0.25, -0.2) is 0 Å². The van der Waals surface area contributed by atoms with E-state index >= 15 is 0 Å². The fraction of sp³-hybridized carbons (Fsp3) is 0.556. The zero-order valence-electron chi connectivity index (χ0n) is 7.06. The Morgan fingerprint density at radius 1 is 1.67 bits per heavy atom. The van der Waals surface area contributed by atoms with Crippen LogP contribution in [0.15, 0.2) is 10.7 Å². The van der Waals surface area contributed by atoms with Crippen LogP contribution in [-0.2, 0) is 11.2 Å². The number of aromatic amines is 1. The van der Waals surface area contributed by atoms with Crippen molar-refractivity contribution in [2.24, 2.45) is 0 Å². The summed E-state index contributed by atoms with van der Waals surface area (Å²) in [7, 11) is 0. The number of ether oxygens (including phenoxy) is 1. The first kappa shape index (κ1) is 8.32. The van der Waals surface area contributed by atoms with E-state index < -0.39 is 0 Å². The fourth-order valence-electron chi connectivity index (χ4n) is 1.65. The summed E-state index contributed by atoms with van der Waals surface area (Å²) >= 11 is 3.45. The fourth-order valence-corrected chi connectivity index (χ4v) is 2.13. The van der Waals surface area contributed by atoms with E-state index in [0.717, 1.165) is 24.2 Å². The van der Waals surface area contributed by atoms with Crippen LogP contribution in [0, 0.1) is 0 Å². The Balaban J connectivity index is 2.38. The molecule has 0 saturated heterocycles. The van der Waals surface area contributed by atoms with Crippen molar-refractivity contribution >= 4 is 15.9 Å². The van der Waals surface area contributed by atoms with E-state index in [1.807, 2.05) is 0 Å². The highest BCUT2D eigenvalue weighted by molar-refractivity contribution is 9.10. The van der Waals surface area contributed by atoms with Crippen molar-refractivity contribution in [2.45, 2.75) is 19.3 Å². The number of fused-ring (bicyclic) bond motifs is 1. The molecule has 1 N–H and O–H groups in total. The second-order valence-electron chi connectivity index (χ2n) is 3.28. The third-order valence-corrected chi connectivity index (χ3v) is 2.72. The molecule has 0 aliphatic carbocycles. The molecular weight excluding hydrogens is 218 g/mol. The Kier molecular flexibility index (Phi) is 2.24. The number of hydrogen-bond donors (Lipinski definition) is 1. The highest BCUT2D eigenvalue weighted by Crippen LogP contribution is 2.26. The predicted molar refractivity (Wildman–Crippen MR) is 51.4 cm³/mol. The maximum Gasteiger partial charge on any atom is 0.0825 e. The van der Waals surface area contributed by atoms with Gasteiger partial charge in [0.15, 0.2) is 0 Å². The van der Waals surface area contributed by atoms with Crippen molar-refractivity contribution in [1.82, 2.24) is 4.98 Å². The number of aromatic nitrogens is 1. The maximum atomic E-state index is 5.45. The van der Waals surface area contributed by atoms with Crippen LogP contribution in [0.3, 0.4) is 0 Å². The number of nitrogens with one attached hydrogen (secondary N) is 1. The van der Waals surface area contributed by atoms with Crippen molar-refractivity contribution in [1.29, 1.82) is 0 Å². The lowest BCUT2D eigenvalue weighted by atomic mass is 10.0. The lowest BCUT2D eigenvalue weighted by Crippen LogP contribution is -2.00. The summed E-state index contributed by atoms with van der Waals surface area (Å²) in [4.78, 5) is 3.30. The van der Waals surface area contributed by atoms with Gasteiger partial charge < -0.3 is 9.72 Å². The van der Waals surface area contributed by atoms with Crippen LogP contribution in [0.25, 0.3) is 0 Å². The van der Waals surface area contributed by atoms with Crippen LogP contribution in [0.2, 0.25) is 0 Å². The molecule has 0 amide bonds. The molecule has 0 bridgehead atoms. The van der Waals surface area contributed by atoms with E-state index in [4.69, 9.17) is 4.74 Å². The summed E-state index contributed by atoms with van der Waals surface area (Å²) < 4.78 is 6.54. The van der Waals surface area contributed by atoms with E-state index in [2.05, 4.69) is 33.9 Å². The first-order valence-electron chi connectivity index (χ1n) is 4.22. The van der Waals surface area contributed by atoms with Crippen LogP contribution >= 0.6 is 15.9 Å². The van der Waals surface area contributed by atoms with E-state index in [1.54, 1.807) is 0 Å². The van der Waals surface area contributed by atoms with Gasteiger partial charge in [-0.05, 0) is 27.6 Å². The van der Waals surface area contributed by atoms with Crippen LogP contribution in [0.4, 0.5) is 0 Å². The number of halogens is 1. The molecule has 0 saturated carbocycles. The van der Waals surface area contributed by atoms with Gasteiger partial charge in [-0.2, -0.15) is 0 Å². The van der Waals surface area contributed by atoms with Crippen LogP contribution in [0.1, 0.15) is 24.1 Å². The Morgan fingerprint density at radius 2 is 2.50 bits per heavy atom. The maximum absolute atomic E-state index is 5.45. The zero-order valence-corrected chi connectivity index (χ0v) is 8.65. The van der Waals surface area contributed by atoms with Crippen molar-refractivity contribution in [3.05, 3.63) is 21.9 Å². The minimum absolute atomic E-state index is 0.519. The second-order valence-corrected chi connectivity index (χ2v) is 4.13. The third-order valence-electron chi connectivity index (χ3n) is 2.30. The molecule has 1 aromatic rings. The van der Waals surface area contributed by atoms with E-state index in [9.17, 15) is 0 Å². The summed E-state index contributed by atoms with van der Waals surface area (Å²) in [6.45, 7) is 3.88. The van der Waals surface area contributed by atoms with Gasteiger partial charge in [0.1, 0.15) is 0 Å². The Bertz CT molecular complexity index is 282. The average Bonchev–Trinajstić information content (AvgIpc) is 2.33. The van der Waals surface area contributed by atoms with Gasteiger partial charge in [-0.15, -0.1) is 0 Å². The topological polar surface area (TPSA) is 25.0 Å². The van der Waals surface area contributed by atoms with Crippen molar-refractivity contribution < 1.29 is 4.74 Å². The average molecular weight is 230 g/mol. The number of hydrogen-bond acceptors (Lipinski definition) is 1. The molecule has 0 radical (unpaired) electrons. The van der Waals surface area contributed by atoms with Crippen LogP contribution in [-0.4, -0.2) is 18.2 Å². The second kappa shape index (κ2) is 3.23. The molecule has 1 aliphatic heterocycles. The first-order valence-corrected chi connectivity index (χ1v) is 5.01. The predicted octanol–water partition coefficient (Wildman–Crippen LogP) is 2.45. The van der Waals surface area contributed by atoms with Gasteiger partial charge in [0, 0.05) is 18.0 Å². The molecule has 2 nitrogen and oxygen atoms in total. The molecule has 1 aromatic heterocycles. The van der Waals surface area contributed by atoms with E-state index in [0.29, 0.717) is 5.92 Å². The Morgan fingerprint density at radius 3 is 3.33 bits per heavy atom. The van der Waals surface area contributed by atoms with Crippen molar-refractivity contribution in [3.63, 3.8) is 0 Å². The summed E-state index contributed by atoms with van der Waals surface area (Å²) in [6.07, 6.45) is 1.01. The van der Waals surface area contributed by atoms with Gasteiger partial charge in [-0.3, -0.25) is 0 Å². The standard InChI is InChI=1S/C9H12BrNO/c1-6-5-12-3-2-8-7(6)4-9(10)11-8/h4,6,11H,2-3,5H2,1H3. The first-order chi connectivity index (χ1) is 5.77.